The molecule has 4 fully saturated rings. The van der Waals surface area contributed by atoms with Crippen molar-refractivity contribution >= 4 is 17.5 Å². The average molecular weight is 374 g/mol. The van der Waals surface area contributed by atoms with Crippen molar-refractivity contribution in [2.45, 2.75) is 50.7 Å². The molecule has 0 saturated heterocycles. The van der Waals surface area contributed by atoms with Crippen LogP contribution in [0.15, 0.2) is 30.3 Å². The fourth-order valence-corrected chi connectivity index (χ4v) is 5.39. The van der Waals surface area contributed by atoms with Crippen molar-refractivity contribution < 1.29 is 29.3 Å². The maximum Gasteiger partial charge on any atom is 0.383 e. The first-order valence-corrected chi connectivity index (χ1v) is 9.45. The summed E-state index contributed by atoms with van der Waals surface area (Å²) in [6.07, 6.45) is 6.79. The minimum Gasteiger partial charge on any atom is -0.455 e. The van der Waals surface area contributed by atoms with Gasteiger partial charge in [0.25, 0.3) is 0 Å². The number of carbonyl (C=O) groups is 3. The van der Waals surface area contributed by atoms with E-state index in [0.29, 0.717) is 17.8 Å². The number of Topliss-reactive ketones (excluding diaryl/α,β-unsaturated/α-hetero) is 2. The van der Waals surface area contributed by atoms with E-state index in [1.807, 2.05) is 18.2 Å². The highest BCUT2D eigenvalue weighted by molar-refractivity contribution is 6.62. The third-order valence-electron chi connectivity index (χ3n) is 6.14. The van der Waals surface area contributed by atoms with Crippen LogP contribution in [-0.2, 0) is 30.5 Å². The first kappa shape index (κ1) is 19.7. The van der Waals surface area contributed by atoms with Gasteiger partial charge < -0.3 is 14.9 Å². The van der Waals surface area contributed by atoms with Crippen molar-refractivity contribution in [3.05, 3.63) is 35.9 Å². The lowest BCUT2D eigenvalue weighted by atomic mass is 9.54. The highest BCUT2D eigenvalue weighted by Gasteiger charge is 2.52. The number of ether oxygens (including phenoxy) is 2. The van der Waals surface area contributed by atoms with E-state index in [9.17, 15) is 14.4 Å². The zero-order valence-electron chi connectivity index (χ0n) is 15.3. The fourth-order valence-electron chi connectivity index (χ4n) is 5.39. The molecule has 0 atom stereocenters. The molecular weight excluding hydrogens is 348 g/mol. The maximum absolute atomic E-state index is 12.1. The van der Waals surface area contributed by atoms with E-state index in [1.165, 1.54) is 19.3 Å². The Bertz CT molecular complexity index is 675. The van der Waals surface area contributed by atoms with Gasteiger partial charge in [-0.2, -0.15) is 0 Å². The molecule has 0 amide bonds. The number of hydrogen-bond acceptors (Lipinski definition) is 5. The molecule has 0 radical (unpaired) electrons. The van der Waals surface area contributed by atoms with Gasteiger partial charge >= 0.3 is 11.8 Å². The largest absolute Gasteiger partial charge is 0.455 e. The summed E-state index contributed by atoms with van der Waals surface area (Å²) in [4.78, 5) is 35.9. The second kappa shape index (κ2) is 7.90. The minimum absolute atomic E-state index is 0. The molecule has 0 unspecified atom stereocenters. The van der Waals surface area contributed by atoms with Gasteiger partial charge in [-0.25, -0.2) is 4.79 Å². The van der Waals surface area contributed by atoms with Gasteiger partial charge in [-0.1, -0.05) is 30.3 Å². The Hall–Kier alpha value is -2.05. The first-order valence-electron chi connectivity index (χ1n) is 9.45. The van der Waals surface area contributed by atoms with Crippen LogP contribution < -0.4 is 0 Å². The zero-order valence-corrected chi connectivity index (χ0v) is 15.3. The van der Waals surface area contributed by atoms with E-state index in [4.69, 9.17) is 9.47 Å². The van der Waals surface area contributed by atoms with Crippen molar-refractivity contribution in [2.75, 3.05) is 6.61 Å². The molecule has 5 rings (SSSR count). The molecule has 0 spiro atoms. The second-order valence-electron chi connectivity index (χ2n) is 8.20. The zero-order chi connectivity index (χ0) is 18.1. The summed E-state index contributed by atoms with van der Waals surface area (Å²) in [7, 11) is 0. The first-order chi connectivity index (χ1) is 12.5. The van der Waals surface area contributed by atoms with Gasteiger partial charge in [-0.3, -0.25) is 9.59 Å². The molecule has 4 aliphatic carbocycles. The van der Waals surface area contributed by atoms with Gasteiger partial charge in [0.1, 0.15) is 13.2 Å². The molecule has 6 heteroatoms. The number of rotatable bonds is 7. The maximum atomic E-state index is 12.1. The number of carbonyl (C=O) groups excluding carboxylic acids is 3. The monoisotopic (exact) mass is 374 g/mol. The van der Waals surface area contributed by atoms with Crippen molar-refractivity contribution in [3.8, 4) is 0 Å². The topological polar surface area (TPSA) is 101 Å². The summed E-state index contributed by atoms with van der Waals surface area (Å²) in [6.45, 7) is -0.333. The third kappa shape index (κ3) is 4.28. The molecule has 1 aromatic rings. The van der Waals surface area contributed by atoms with Gasteiger partial charge in [-0.15, -0.1) is 0 Å². The summed E-state index contributed by atoms with van der Waals surface area (Å²) >= 11 is 0. The molecule has 0 heterocycles. The molecule has 4 saturated carbocycles. The van der Waals surface area contributed by atoms with Crippen LogP contribution in [0.1, 0.15) is 44.1 Å². The fraction of sp³-hybridized carbons (Fsp3) is 0.571. The third-order valence-corrected chi connectivity index (χ3v) is 6.14. The lowest BCUT2D eigenvalue weighted by Gasteiger charge is -2.56. The van der Waals surface area contributed by atoms with Gasteiger partial charge in [0.15, 0.2) is 0 Å². The Morgan fingerprint density at radius 2 is 1.48 bits per heavy atom. The van der Waals surface area contributed by atoms with E-state index in [-0.39, 0.29) is 24.3 Å². The summed E-state index contributed by atoms with van der Waals surface area (Å²) in [6, 6.07) is 9.05. The molecular formula is C21H26O6. The van der Waals surface area contributed by atoms with E-state index in [0.717, 1.165) is 24.8 Å². The van der Waals surface area contributed by atoms with Crippen LogP contribution in [0.3, 0.4) is 0 Å². The van der Waals surface area contributed by atoms with Crippen molar-refractivity contribution in [1.29, 1.82) is 0 Å². The molecule has 1 aromatic carbocycles. The van der Waals surface area contributed by atoms with Gasteiger partial charge in [0.2, 0.25) is 5.78 Å². The Labute approximate surface area is 158 Å². The average Bonchev–Trinajstić information content (AvgIpc) is 2.63. The summed E-state index contributed by atoms with van der Waals surface area (Å²) < 4.78 is 10.9. The summed E-state index contributed by atoms with van der Waals surface area (Å²) in [5.74, 6) is -0.939. The van der Waals surface area contributed by atoms with Gasteiger partial charge in [0.05, 0.1) is 5.60 Å². The van der Waals surface area contributed by atoms with Crippen LogP contribution in [0.2, 0.25) is 0 Å². The van der Waals surface area contributed by atoms with E-state index in [2.05, 4.69) is 0 Å². The van der Waals surface area contributed by atoms with Crippen molar-refractivity contribution in [2.24, 2.45) is 17.8 Å². The molecule has 0 aliphatic heterocycles. The minimum atomic E-state index is -1.12. The summed E-state index contributed by atoms with van der Waals surface area (Å²) in [5.41, 5.74) is 0.518. The summed E-state index contributed by atoms with van der Waals surface area (Å²) in [5, 5.41) is 0. The van der Waals surface area contributed by atoms with Crippen LogP contribution in [0.25, 0.3) is 0 Å². The predicted molar refractivity (Wildman–Crippen MR) is 96.7 cm³/mol. The number of benzene rings is 1. The highest BCUT2D eigenvalue weighted by atomic mass is 16.5. The molecule has 146 valence electrons. The molecule has 0 aromatic heterocycles. The Kier molecular flexibility index (Phi) is 5.77. The predicted octanol–water partition coefficient (Wildman–Crippen LogP) is 2.03. The van der Waals surface area contributed by atoms with E-state index < -0.39 is 17.5 Å². The molecule has 6 nitrogen and oxygen atoms in total. The van der Waals surface area contributed by atoms with Crippen LogP contribution in [0, 0.1) is 17.8 Å². The molecule has 4 bridgehead atoms. The Morgan fingerprint density at radius 1 is 0.926 bits per heavy atom. The number of esters is 1. The van der Waals surface area contributed by atoms with Gasteiger partial charge in [0, 0.05) is 0 Å². The highest BCUT2D eigenvalue weighted by Crippen LogP contribution is 2.57. The number of hydrogen-bond donors (Lipinski definition) is 0. The van der Waals surface area contributed by atoms with E-state index >= 15 is 0 Å². The SMILES string of the molecule is O.O=C(COC12CC3CC(CC(C3)C1)C2)C(=O)C(=O)OCc1ccccc1. The lowest BCUT2D eigenvalue weighted by molar-refractivity contribution is -0.173. The van der Waals surface area contributed by atoms with Crippen LogP contribution >= 0.6 is 0 Å². The van der Waals surface area contributed by atoms with Crippen molar-refractivity contribution in [1.82, 2.24) is 0 Å². The molecule has 4 aliphatic rings. The Balaban J connectivity index is 0.00000210. The molecule has 27 heavy (non-hydrogen) atoms. The van der Waals surface area contributed by atoms with Crippen LogP contribution in [-0.4, -0.2) is 35.2 Å². The van der Waals surface area contributed by atoms with Gasteiger partial charge in [-0.05, 0) is 61.8 Å². The van der Waals surface area contributed by atoms with Crippen LogP contribution in [0.4, 0.5) is 0 Å². The standard InChI is InChI=1S/C21H24O5.H2O/c22-18(19(23)20(24)25-12-14-4-2-1-3-5-14)13-26-21-9-15-6-16(10-21)8-17(7-15)11-21;/h1-5,15-17H,6-13H2;1H2. The molecule has 2 N–H and O–H groups in total. The second-order valence-corrected chi connectivity index (χ2v) is 8.20. The lowest BCUT2D eigenvalue weighted by Crippen LogP contribution is -2.52. The smallest absolute Gasteiger partial charge is 0.383 e. The number of ketones is 2. The quantitative estimate of drug-likeness (QED) is 0.413. The Morgan fingerprint density at radius 3 is 2.04 bits per heavy atom. The normalized spacial score (nSPS) is 30.4. The van der Waals surface area contributed by atoms with E-state index in [1.54, 1.807) is 12.1 Å². The van der Waals surface area contributed by atoms with Crippen molar-refractivity contribution in [3.63, 3.8) is 0 Å². The van der Waals surface area contributed by atoms with Crippen LogP contribution in [0.5, 0.6) is 0 Å².